The van der Waals surface area contributed by atoms with Crippen LogP contribution in [0.15, 0.2) is 18.2 Å². The lowest BCUT2D eigenvalue weighted by Gasteiger charge is -2.18. The van der Waals surface area contributed by atoms with E-state index in [0.29, 0.717) is 12.0 Å². The Labute approximate surface area is 105 Å². The van der Waals surface area contributed by atoms with E-state index < -0.39 is 17.5 Å². The summed E-state index contributed by atoms with van der Waals surface area (Å²) in [6.45, 7) is 3.23. The summed E-state index contributed by atoms with van der Waals surface area (Å²) < 4.78 is 37.2. The number of carbonyl (C=O) groups is 1. The number of halogens is 2. The zero-order chi connectivity index (χ0) is 13.8. The number of hydrogen-bond acceptors (Lipinski definition) is 3. The second kappa shape index (κ2) is 5.80. The van der Waals surface area contributed by atoms with Gasteiger partial charge in [-0.3, -0.25) is 0 Å². The van der Waals surface area contributed by atoms with Gasteiger partial charge in [-0.15, -0.1) is 0 Å². The van der Waals surface area contributed by atoms with E-state index in [1.807, 2.05) is 6.92 Å². The maximum Gasteiger partial charge on any atom is 0.382 e. The molecule has 1 aromatic carbocycles. The molecule has 0 radical (unpaired) electrons. The minimum absolute atomic E-state index is 0.0229. The second-order valence-corrected chi connectivity index (χ2v) is 3.68. The molecule has 0 N–H and O–H groups in total. The normalized spacial score (nSPS) is 11.2. The highest BCUT2D eigenvalue weighted by Gasteiger charge is 2.45. The van der Waals surface area contributed by atoms with E-state index in [9.17, 15) is 13.6 Å². The molecule has 0 aromatic heterocycles. The number of alkyl halides is 2. The van der Waals surface area contributed by atoms with Crippen LogP contribution in [0.1, 0.15) is 25.0 Å². The van der Waals surface area contributed by atoms with Crippen LogP contribution in [0.3, 0.4) is 0 Å². The van der Waals surface area contributed by atoms with Gasteiger partial charge in [0.05, 0.1) is 19.3 Å². The van der Waals surface area contributed by atoms with Crippen LogP contribution in [-0.4, -0.2) is 19.7 Å². The van der Waals surface area contributed by atoms with E-state index >= 15 is 0 Å². The number of benzene rings is 1. The minimum atomic E-state index is -3.70. The Kier molecular flexibility index (Phi) is 4.64. The van der Waals surface area contributed by atoms with Gasteiger partial charge in [0.15, 0.2) is 0 Å². The van der Waals surface area contributed by atoms with Crippen LogP contribution in [0, 0.1) is 0 Å². The number of esters is 1. The van der Waals surface area contributed by atoms with Crippen molar-refractivity contribution in [2.75, 3.05) is 13.7 Å². The zero-order valence-electron chi connectivity index (χ0n) is 10.6. The average molecular weight is 258 g/mol. The molecule has 0 aliphatic rings. The summed E-state index contributed by atoms with van der Waals surface area (Å²) in [7, 11) is 1.28. The van der Waals surface area contributed by atoms with Gasteiger partial charge in [-0.25, -0.2) is 4.79 Å². The molecule has 0 aliphatic carbocycles. The lowest BCUT2D eigenvalue weighted by Crippen LogP contribution is -2.29. The maximum absolute atomic E-state index is 13.9. The van der Waals surface area contributed by atoms with Crippen molar-refractivity contribution >= 4 is 5.97 Å². The Hall–Kier alpha value is -1.65. The van der Waals surface area contributed by atoms with E-state index in [-0.39, 0.29) is 12.4 Å². The minimum Gasteiger partial charge on any atom is -0.496 e. The number of carbonyl (C=O) groups excluding carboxylic acids is 1. The summed E-state index contributed by atoms with van der Waals surface area (Å²) in [5.41, 5.74) is 0.248. The smallest absolute Gasteiger partial charge is 0.382 e. The van der Waals surface area contributed by atoms with Gasteiger partial charge in [0, 0.05) is 0 Å². The molecule has 0 bridgehead atoms. The summed E-state index contributed by atoms with van der Waals surface area (Å²) in [6, 6.07) is 4.39. The SMILES string of the molecule is CCOC(=O)C(F)(F)c1cc(CC)ccc1OC. The number of methoxy groups -OCH3 is 1. The summed E-state index contributed by atoms with van der Waals surface area (Å²) in [4.78, 5) is 11.3. The average Bonchev–Trinajstić information content (AvgIpc) is 2.38. The van der Waals surface area contributed by atoms with Gasteiger partial charge in [-0.2, -0.15) is 8.78 Å². The molecule has 1 rings (SSSR count). The number of ether oxygens (including phenoxy) is 2. The number of rotatable bonds is 5. The van der Waals surface area contributed by atoms with Crippen molar-refractivity contribution < 1.29 is 23.0 Å². The first-order valence-electron chi connectivity index (χ1n) is 5.69. The van der Waals surface area contributed by atoms with E-state index in [1.54, 1.807) is 6.07 Å². The van der Waals surface area contributed by atoms with Crippen LogP contribution in [0.25, 0.3) is 0 Å². The Morgan fingerprint density at radius 2 is 2.00 bits per heavy atom. The van der Waals surface area contributed by atoms with Crippen LogP contribution in [-0.2, 0) is 21.9 Å². The van der Waals surface area contributed by atoms with Gasteiger partial charge < -0.3 is 9.47 Å². The molecule has 5 heteroatoms. The Balaban J connectivity index is 3.23. The van der Waals surface area contributed by atoms with Crippen LogP contribution in [0.4, 0.5) is 8.78 Å². The first-order valence-corrected chi connectivity index (χ1v) is 5.69. The second-order valence-electron chi connectivity index (χ2n) is 3.68. The van der Waals surface area contributed by atoms with Gasteiger partial charge in [-0.05, 0) is 31.0 Å². The van der Waals surface area contributed by atoms with Crippen molar-refractivity contribution in [2.24, 2.45) is 0 Å². The molecule has 0 amide bonds. The maximum atomic E-state index is 13.9. The van der Waals surface area contributed by atoms with Gasteiger partial charge in [0.25, 0.3) is 0 Å². The molecule has 18 heavy (non-hydrogen) atoms. The molecule has 0 saturated heterocycles. The lowest BCUT2D eigenvalue weighted by molar-refractivity contribution is -0.173. The van der Waals surface area contributed by atoms with Gasteiger partial charge in [-0.1, -0.05) is 13.0 Å². The topological polar surface area (TPSA) is 35.5 Å². The van der Waals surface area contributed by atoms with Crippen molar-refractivity contribution in [2.45, 2.75) is 26.2 Å². The van der Waals surface area contributed by atoms with E-state index in [4.69, 9.17) is 4.74 Å². The molecule has 0 spiro atoms. The van der Waals surface area contributed by atoms with Crippen molar-refractivity contribution in [1.82, 2.24) is 0 Å². The van der Waals surface area contributed by atoms with Gasteiger partial charge >= 0.3 is 11.9 Å². The Morgan fingerprint density at radius 3 is 2.50 bits per heavy atom. The van der Waals surface area contributed by atoms with Crippen molar-refractivity contribution in [3.05, 3.63) is 29.3 Å². The molecule has 0 atom stereocenters. The molecule has 0 heterocycles. The van der Waals surface area contributed by atoms with Crippen molar-refractivity contribution in [3.8, 4) is 5.75 Å². The molecule has 0 saturated carbocycles. The standard InChI is InChI=1S/C13H16F2O3/c1-4-9-6-7-11(17-3)10(8-9)13(14,15)12(16)18-5-2/h6-8H,4-5H2,1-3H3. The molecule has 0 aliphatic heterocycles. The zero-order valence-corrected chi connectivity index (χ0v) is 10.6. The van der Waals surface area contributed by atoms with Crippen LogP contribution >= 0.6 is 0 Å². The largest absolute Gasteiger partial charge is 0.496 e. The van der Waals surface area contributed by atoms with E-state index in [0.717, 1.165) is 0 Å². The lowest BCUT2D eigenvalue weighted by atomic mass is 10.0. The molecule has 1 aromatic rings. The molecule has 100 valence electrons. The fourth-order valence-electron chi connectivity index (χ4n) is 1.55. The van der Waals surface area contributed by atoms with Crippen LogP contribution in [0.2, 0.25) is 0 Å². The highest BCUT2D eigenvalue weighted by atomic mass is 19.3. The number of aryl methyl sites for hydroxylation is 1. The van der Waals surface area contributed by atoms with Crippen molar-refractivity contribution in [3.63, 3.8) is 0 Å². The molecule has 0 fully saturated rings. The predicted molar refractivity (Wildman–Crippen MR) is 62.9 cm³/mol. The first kappa shape index (κ1) is 14.4. The first-order chi connectivity index (χ1) is 8.47. The summed E-state index contributed by atoms with van der Waals surface area (Å²) >= 11 is 0. The summed E-state index contributed by atoms with van der Waals surface area (Å²) in [5.74, 6) is -5.28. The Morgan fingerprint density at radius 1 is 1.33 bits per heavy atom. The highest BCUT2D eigenvalue weighted by Crippen LogP contribution is 2.36. The Bertz CT molecular complexity index is 430. The van der Waals surface area contributed by atoms with Gasteiger partial charge in [0.2, 0.25) is 0 Å². The third-order valence-electron chi connectivity index (χ3n) is 2.54. The number of hydrogen-bond donors (Lipinski definition) is 0. The third-order valence-corrected chi connectivity index (χ3v) is 2.54. The highest BCUT2D eigenvalue weighted by molar-refractivity contribution is 5.80. The molecular formula is C13H16F2O3. The molecule has 3 nitrogen and oxygen atoms in total. The van der Waals surface area contributed by atoms with Crippen molar-refractivity contribution in [1.29, 1.82) is 0 Å². The fourth-order valence-corrected chi connectivity index (χ4v) is 1.55. The van der Waals surface area contributed by atoms with Gasteiger partial charge in [0.1, 0.15) is 5.75 Å². The molecule has 0 unspecified atom stereocenters. The summed E-state index contributed by atoms with van der Waals surface area (Å²) in [5, 5.41) is 0. The molecular weight excluding hydrogens is 242 g/mol. The van der Waals surface area contributed by atoms with Crippen LogP contribution < -0.4 is 4.74 Å². The quantitative estimate of drug-likeness (QED) is 0.762. The fraction of sp³-hybridized carbons (Fsp3) is 0.462. The van der Waals surface area contributed by atoms with E-state index in [1.165, 1.54) is 26.2 Å². The monoisotopic (exact) mass is 258 g/mol. The summed E-state index contributed by atoms with van der Waals surface area (Å²) in [6.07, 6.45) is 0.593. The van der Waals surface area contributed by atoms with E-state index in [2.05, 4.69) is 4.74 Å². The third kappa shape index (κ3) is 2.78. The van der Waals surface area contributed by atoms with Crippen LogP contribution in [0.5, 0.6) is 5.75 Å². The predicted octanol–water partition coefficient (Wildman–Crippen LogP) is 2.91.